The van der Waals surface area contributed by atoms with Crippen LogP contribution in [0.4, 0.5) is 5.69 Å². The van der Waals surface area contributed by atoms with Crippen LogP contribution in [0.5, 0.6) is 0 Å². The van der Waals surface area contributed by atoms with Gasteiger partial charge in [-0.1, -0.05) is 50.2 Å². The lowest BCUT2D eigenvalue weighted by molar-refractivity contribution is -0.124. The third-order valence-corrected chi connectivity index (χ3v) is 4.15. The first-order valence-electron chi connectivity index (χ1n) is 7.32. The highest BCUT2D eigenvalue weighted by Gasteiger charge is 2.35. The van der Waals surface area contributed by atoms with Crippen molar-refractivity contribution in [1.82, 2.24) is 5.32 Å². The molecule has 1 amide bonds. The van der Waals surface area contributed by atoms with Gasteiger partial charge in [0.05, 0.1) is 12.0 Å². The van der Waals surface area contributed by atoms with Crippen molar-refractivity contribution in [3.8, 4) is 0 Å². The zero-order chi connectivity index (χ0) is 15.0. The number of hydrogen-bond acceptors (Lipinski definition) is 2. The molecule has 3 heteroatoms. The Labute approximate surface area is 125 Å². The van der Waals surface area contributed by atoms with E-state index in [1.54, 1.807) is 0 Å². The number of amides is 1. The number of carbonyl (C=O) groups excluding carboxylic acids is 1. The van der Waals surface area contributed by atoms with Gasteiger partial charge in [0.15, 0.2) is 0 Å². The Morgan fingerprint density at radius 3 is 2.24 bits per heavy atom. The predicted molar refractivity (Wildman–Crippen MR) is 84.9 cm³/mol. The first-order valence-corrected chi connectivity index (χ1v) is 7.32. The second kappa shape index (κ2) is 5.24. The summed E-state index contributed by atoms with van der Waals surface area (Å²) >= 11 is 0. The molecule has 3 rings (SSSR count). The summed E-state index contributed by atoms with van der Waals surface area (Å²) < 4.78 is 0. The van der Waals surface area contributed by atoms with Crippen LogP contribution >= 0.6 is 0 Å². The maximum Gasteiger partial charge on any atom is 0.228 e. The molecule has 0 fully saturated rings. The Kier molecular flexibility index (Phi) is 3.42. The molecule has 0 unspecified atom stereocenters. The molecule has 0 aromatic heterocycles. The van der Waals surface area contributed by atoms with Gasteiger partial charge in [-0.2, -0.15) is 0 Å². The molecule has 0 radical (unpaired) electrons. The molecule has 2 aromatic carbocycles. The van der Waals surface area contributed by atoms with E-state index < -0.39 is 0 Å². The molecule has 108 valence electrons. The van der Waals surface area contributed by atoms with Crippen LogP contribution in [-0.2, 0) is 4.79 Å². The highest BCUT2D eigenvalue weighted by atomic mass is 16.2. The average molecular weight is 280 g/mol. The Morgan fingerprint density at radius 2 is 1.62 bits per heavy atom. The maximum atomic E-state index is 12.5. The second-order valence-corrected chi connectivity index (χ2v) is 5.96. The van der Waals surface area contributed by atoms with E-state index in [1.165, 1.54) is 5.56 Å². The van der Waals surface area contributed by atoms with Crippen LogP contribution < -0.4 is 11.1 Å². The Hall–Kier alpha value is -2.29. The van der Waals surface area contributed by atoms with Crippen molar-refractivity contribution >= 4 is 11.6 Å². The number of nitrogens with one attached hydrogen (secondary N) is 1. The van der Waals surface area contributed by atoms with E-state index in [9.17, 15) is 4.79 Å². The molecule has 2 aromatic rings. The highest BCUT2D eigenvalue weighted by molar-refractivity contribution is 5.87. The molecule has 3 N–H and O–H groups in total. The van der Waals surface area contributed by atoms with E-state index in [4.69, 9.17) is 5.73 Å². The summed E-state index contributed by atoms with van der Waals surface area (Å²) in [7, 11) is 0. The minimum Gasteiger partial charge on any atom is -0.399 e. The summed E-state index contributed by atoms with van der Waals surface area (Å²) in [5, 5.41) is 3.16. The maximum absolute atomic E-state index is 12.5. The van der Waals surface area contributed by atoms with E-state index in [-0.39, 0.29) is 23.8 Å². The lowest BCUT2D eigenvalue weighted by atomic mass is 9.78. The van der Waals surface area contributed by atoms with Crippen LogP contribution in [-0.4, -0.2) is 5.91 Å². The van der Waals surface area contributed by atoms with Crippen molar-refractivity contribution in [2.24, 2.45) is 5.92 Å². The van der Waals surface area contributed by atoms with Gasteiger partial charge in [0, 0.05) is 5.69 Å². The molecule has 1 heterocycles. The zero-order valence-electron chi connectivity index (χ0n) is 12.3. The molecule has 1 aliphatic rings. The molecular weight excluding hydrogens is 260 g/mol. The van der Waals surface area contributed by atoms with Gasteiger partial charge >= 0.3 is 0 Å². The number of nitrogens with two attached hydrogens (primary N) is 1. The van der Waals surface area contributed by atoms with Crippen LogP contribution in [0.3, 0.4) is 0 Å². The summed E-state index contributed by atoms with van der Waals surface area (Å²) in [6.45, 7) is 4.18. The van der Waals surface area contributed by atoms with Crippen LogP contribution in [0.25, 0.3) is 0 Å². The minimum absolute atomic E-state index is 0.0776. The number of anilines is 1. The third kappa shape index (κ3) is 2.40. The summed E-state index contributed by atoms with van der Waals surface area (Å²) in [6.07, 6.45) is 0. The topological polar surface area (TPSA) is 55.1 Å². The predicted octanol–water partition coefficient (Wildman–Crippen LogP) is 3.23. The Bertz CT molecular complexity index is 661. The van der Waals surface area contributed by atoms with Crippen molar-refractivity contribution < 1.29 is 4.79 Å². The summed E-state index contributed by atoms with van der Waals surface area (Å²) in [4.78, 5) is 12.5. The number of hydrogen-bond donors (Lipinski definition) is 2. The van der Waals surface area contributed by atoms with E-state index >= 15 is 0 Å². The average Bonchev–Trinajstić information content (AvgIpc) is 2.47. The molecule has 0 bridgehead atoms. The number of fused-ring (bicyclic) bond motifs is 1. The molecule has 0 aliphatic carbocycles. The van der Waals surface area contributed by atoms with Gasteiger partial charge in [-0.05, 0) is 34.7 Å². The molecular formula is C18H20N2O. The first-order chi connectivity index (χ1) is 10.1. The monoisotopic (exact) mass is 280 g/mol. The lowest BCUT2D eigenvalue weighted by Gasteiger charge is -2.34. The number of rotatable bonds is 2. The van der Waals surface area contributed by atoms with E-state index in [2.05, 4.69) is 31.3 Å². The van der Waals surface area contributed by atoms with E-state index in [0.717, 1.165) is 16.8 Å². The van der Waals surface area contributed by atoms with Gasteiger partial charge in [0.25, 0.3) is 0 Å². The van der Waals surface area contributed by atoms with Crippen molar-refractivity contribution in [2.45, 2.75) is 25.8 Å². The molecule has 1 aliphatic heterocycles. The zero-order valence-corrected chi connectivity index (χ0v) is 12.3. The fourth-order valence-corrected chi connectivity index (χ4v) is 3.12. The van der Waals surface area contributed by atoms with Crippen LogP contribution in [0.2, 0.25) is 0 Å². The minimum atomic E-state index is -0.0932. The molecule has 3 nitrogen and oxygen atoms in total. The van der Waals surface area contributed by atoms with E-state index in [1.807, 2.05) is 36.4 Å². The van der Waals surface area contributed by atoms with Gasteiger partial charge in [0.2, 0.25) is 5.91 Å². The first kappa shape index (κ1) is 13.7. The smallest absolute Gasteiger partial charge is 0.228 e. The van der Waals surface area contributed by atoms with E-state index in [0.29, 0.717) is 0 Å². The standard InChI is InChI=1S/C18H20N2O/c1-11(2)16-14-5-3-4-6-15(14)17(20-18(16)21)12-7-9-13(19)10-8-12/h3-11,16-17H,19H2,1-2H3,(H,20,21)/t16-,17+/m0/s1. The second-order valence-electron chi connectivity index (χ2n) is 5.96. The van der Waals surface area contributed by atoms with Gasteiger partial charge in [-0.25, -0.2) is 0 Å². The molecule has 0 saturated carbocycles. The largest absolute Gasteiger partial charge is 0.399 e. The summed E-state index contributed by atoms with van der Waals surface area (Å²) in [6, 6.07) is 15.8. The summed E-state index contributed by atoms with van der Waals surface area (Å²) in [5.74, 6) is 0.301. The van der Waals surface area contributed by atoms with Crippen molar-refractivity contribution in [3.63, 3.8) is 0 Å². The van der Waals surface area contributed by atoms with Crippen molar-refractivity contribution in [1.29, 1.82) is 0 Å². The Morgan fingerprint density at radius 1 is 1.00 bits per heavy atom. The van der Waals surface area contributed by atoms with Gasteiger partial charge in [-0.15, -0.1) is 0 Å². The van der Waals surface area contributed by atoms with Crippen molar-refractivity contribution in [2.75, 3.05) is 5.73 Å². The quantitative estimate of drug-likeness (QED) is 0.830. The highest BCUT2D eigenvalue weighted by Crippen LogP contribution is 2.37. The number of benzene rings is 2. The van der Waals surface area contributed by atoms with Crippen molar-refractivity contribution in [3.05, 3.63) is 65.2 Å². The van der Waals surface area contributed by atoms with Gasteiger partial charge < -0.3 is 11.1 Å². The fraction of sp³-hybridized carbons (Fsp3) is 0.278. The molecule has 2 atom stereocenters. The Balaban J connectivity index is 2.09. The van der Waals surface area contributed by atoms with Crippen LogP contribution in [0.15, 0.2) is 48.5 Å². The van der Waals surface area contributed by atoms with Gasteiger partial charge in [-0.3, -0.25) is 4.79 Å². The number of nitrogen functional groups attached to an aromatic ring is 1. The normalized spacial score (nSPS) is 21.0. The van der Waals surface area contributed by atoms with Gasteiger partial charge in [0.1, 0.15) is 0 Å². The van der Waals surface area contributed by atoms with Crippen LogP contribution in [0.1, 0.15) is 42.5 Å². The molecule has 0 saturated heterocycles. The molecule has 21 heavy (non-hydrogen) atoms. The lowest BCUT2D eigenvalue weighted by Crippen LogP contribution is -2.40. The molecule has 0 spiro atoms. The summed E-state index contributed by atoms with van der Waals surface area (Å²) in [5.41, 5.74) is 9.86. The third-order valence-electron chi connectivity index (χ3n) is 4.15. The SMILES string of the molecule is CC(C)[C@@H]1C(=O)N[C@H](c2ccc(N)cc2)c2ccccc21. The fourth-order valence-electron chi connectivity index (χ4n) is 3.12. The number of carbonyl (C=O) groups is 1. The van der Waals surface area contributed by atoms with Crippen LogP contribution in [0, 0.1) is 5.92 Å².